The van der Waals surface area contributed by atoms with Gasteiger partial charge >= 0.3 is 5.97 Å². The van der Waals surface area contributed by atoms with Gasteiger partial charge in [-0.2, -0.15) is 4.31 Å². The van der Waals surface area contributed by atoms with Crippen LogP contribution in [0.25, 0.3) is 10.9 Å². The summed E-state index contributed by atoms with van der Waals surface area (Å²) in [6, 6.07) is 7.12. The number of carboxylic acid groups (broad SMARTS) is 1. The van der Waals surface area contributed by atoms with Crippen LogP contribution < -0.4 is 0 Å². The number of carboxylic acids is 1. The van der Waals surface area contributed by atoms with Gasteiger partial charge in [-0.1, -0.05) is 30.4 Å². The predicted octanol–water partition coefficient (Wildman–Crippen LogP) is 1.80. The quantitative estimate of drug-likeness (QED) is 0.866. The molecule has 0 spiro atoms. The molecule has 1 aromatic heterocycles. The number of hydrogen-bond donors (Lipinski definition) is 1. The zero-order valence-corrected chi connectivity index (χ0v) is 13.3. The fraction of sp³-hybridized carbons (Fsp3) is 0.250. The molecule has 0 saturated heterocycles. The van der Waals surface area contributed by atoms with Gasteiger partial charge in [-0.15, -0.1) is 0 Å². The first-order chi connectivity index (χ1) is 10.9. The third kappa shape index (κ3) is 2.73. The lowest BCUT2D eigenvalue weighted by Crippen LogP contribution is -2.40. The number of nitrogens with zero attached hydrogens (tertiary/aromatic N) is 2. The van der Waals surface area contributed by atoms with E-state index in [0.29, 0.717) is 11.1 Å². The molecule has 0 saturated carbocycles. The molecule has 0 radical (unpaired) electrons. The average Bonchev–Trinajstić information content (AvgIpc) is 2.54. The molecule has 0 fully saturated rings. The maximum absolute atomic E-state index is 13.0. The highest BCUT2D eigenvalue weighted by atomic mass is 32.2. The van der Waals surface area contributed by atoms with E-state index in [2.05, 4.69) is 4.98 Å². The van der Waals surface area contributed by atoms with E-state index in [0.717, 1.165) is 5.39 Å². The minimum absolute atomic E-state index is 0.0726. The van der Waals surface area contributed by atoms with Gasteiger partial charge in [0.05, 0.1) is 11.4 Å². The molecule has 1 N–H and O–H groups in total. The van der Waals surface area contributed by atoms with Crippen LogP contribution in [0.5, 0.6) is 0 Å². The lowest BCUT2D eigenvalue weighted by atomic mass is 10.1. The van der Waals surface area contributed by atoms with E-state index in [4.69, 9.17) is 5.11 Å². The molecule has 1 unspecified atom stereocenters. The minimum atomic E-state index is -3.83. The van der Waals surface area contributed by atoms with Crippen molar-refractivity contribution >= 4 is 26.9 Å². The Morgan fingerprint density at radius 1 is 1.35 bits per heavy atom. The van der Waals surface area contributed by atoms with E-state index in [1.54, 1.807) is 37.4 Å². The second-order valence-corrected chi connectivity index (χ2v) is 7.36. The molecule has 1 aliphatic heterocycles. The summed E-state index contributed by atoms with van der Waals surface area (Å²) in [5.74, 6) is -1.87. The number of aliphatic carboxylic acids is 1. The van der Waals surface area contributed by atoms with Gasteiger partial charge in [0.15, 0.2) is 0 Å². The Bertz CT molecular complexity index is 905. The summed E-state index contributed by atoms with van der Waals surface area (Å²) in [5.41, 5.74) is 1.01. The van der Waals surface area contributed by atoms with Crippen LogP contribution in [0.15, 0.2) is 47.5 Å². The number of pyridine rings is 1. The number of fused-ring (bicyclic) bond motifs is 1. The first-order valence-corrected chi connectivity index (χ1v) is 8.59. The number of rotatable bonds is 3. The van der Waals surface area contributed by atoms with Crippen molar-refractivity contribution in [2.45, 2.75) is 11.8 Å². The van der Waals surface area contributed by atoms with Crippen molar-refractivity contribution in [3.63, 3.8) is 0 Å². The van der Waals surface area contributed by atoms with Crippen molar-refractivity contribution in [3.8, 4) is 0 Å². The summed E-state index contributed by atoms with van der Waals surface area (Å²) in [7, 11) is -3.83. The SMILES string of the molecule is Cc1ccc2cccnc2c1S(=O)(=O)N1CC=CC(C(=O)O)C1. The molecule has 1 aliphatic rings. The number of sulfonamides is 1. The van der Waals surface area contributed by atoms with E-state index in [1.165, 1.54) is 10.4 Å². The van der Waals surface area contributed by atoms with E-state index in [-0.39, 0.29) is 18.0 Å². The van der Waals surface area contributed by atoms with Crippen molar-refractivity contribution in [2.24, 2.45) is 5.92 Å². The van der Waals surface area contributed by atoms with Crippen LogP contribution in [0.3, 0.4) is 0 Å². The summed E-state index contributed by atoms with van der Waals surface area (Å²) < 4.78 is 27.3. The van der Waals surface area contributed by atoms with Gasteiger partial charge in [-0.25, -0.2) is 8.42 Å². The number of aromatic nitrogens is 1. The second-order valence-electron chi connectivity index (χ2n) is 5.48. The molecule has 0 aliphatic carbocycles. The molecule has 0 amide bonds. The van der Waals surface area contributed by atoms with Crippen LogP contribution in [0.4, 0.5) is 0 Å². The molecule has 6 nitrogen and oxygen atoms in total. The zero-order valence-electron chi connectivity index (χ0n) is 12.5. The summed E-state index contributed by atoms with van der Waals surface area (Å²) in [6.45, 7) is 1.81. The topological polar surface area (TPSA) is 87.6 Å². The first kappa shape index (κ1) is 15.6. The lowest BCUT2D eigenvalue weighted by molar-refractivity contribution is -0.140. The molecular weight excluding hydrogens is 316 g/mol. The Morgan fingerprint density at radius 2 is 2.13 bits per heavy atom. The smallest absolute Gasteiger partial charge is 0.311 e. The molecule has 2 heterocycles. The Morgan fingerprint density at radius 3 is 2.87 bits per heavy atom. The number of carbonyl (C=O) groups is 1. The number of benzene rings is 1. The van der Waals surface area contributed by atoms with E-state index in [1.807, 2.05) is 6.07 Å². The highest BCUT2D eigenvalue weighted by molar-refractivity contribution is 7.89. The highest BCUT2D eigenvalue weighted by Crippen LogP contribution is 2.29. The molecule has 0 bridgehead atoms. The molecule has 2 aromatic rings. The minimum Gasteiger partial charge on any atom is -0.481 e. The molecule has 1 atom stereocenters. The summed E-state index contributed by atoms with van der Waals surface area (Å²) in [4.78, 5) is 15.5. The maximum atomic E-state index is 13.0. The van der Waals surface area contributed by atoms with Crippen LogP contribution in [0.2, 0.25) is 0 Å². The van der Waals surface area contributed by atoms with E-state index >= 15 is 0 Å². The molecule has 120 valence electrons. The Kier molecular flexibility index (Phi) is 3.91. The van der Waals surface area contributed by atoms with Crippen LogP contribution in [-0.2, 0) is 14.8 Å². The van der Waals surface area contributed by atoms with Gasteiger partial charge < -0.3 is 5.11 Å². The molecule has 7 heteroatoms. The molecular formula is C16H16N2O4S. The highest BCUT2D eigenvalue weighted by Gasteiger charge is 2.33. The normalized spacial score (nSPS) is 19.1. The Labute approximate surface area is 134 Å². The number of aryl methyl sites for hydroxylation is 1. The van der Waals surface area contributed by atoms with Crippen LogP contribution in [0, 0.1) is 12.8 Å². The van der Waals surface area contributed by atoms with Gasteiger partial charge in [0.1, 0.15) is 4.90 Å². The average molecular weight is 332 g/mol. The third-order valence-electron chi connectivity index (χ3n) is 3.92. The lowest BCUT2D eigenvalue weighted by Gasteiger charge is -2.27. The van der Waals surface area contributed by atoms with Crippen LogP contribution in [-0.4, -0.2) is 41.9 Å². The van der Waals surface area contributed by atoms with Crippen LogP contribution >= 0.6 is 0 Å². The Hall–Kier alpha value is -2.25. The van der Waals surface area contributed by atoms with Crippen molar-refractivity contribution in [2.75, 3.05) is 13.1 Å². The molecule has 23 heavy (non-hydrogen) atoms. The van der Waals surface area contributed by atoms with Gasteiger partial charge in [-0.3, -0.25) is 9.78 Å². The standard InChI is InChI=1S/C16H16N2O4S/c1-11-6-7-12-4-2-8-17-14(12)15(11)23(21,22)18-9-3-5-13(10-18)16(19)20/h2-8,13H,9-10H2,1H3,(H,19,20). The van der Waals surface area contributed by atoms with Crippen molar-refractivity contribution in [1.29, 1.82) is 0 Å². The van der Waals surface area contributed by atoms with Crippen molar-refractivity contribution < 1.29 is 18.3 Å². The molecule has 1 aromatic carbocycles. The summed E-state index contributed by atoms with van der Waals surface area (Å²) in [5, 5.41) is 9.87. The van der Waals surface area contributed by atoms with Gasteiger partial charge in [-0.05, 0) is 18.6 Å². The fourth-order valence-corrected chi connectivity index (χ4v) is 4.52. The van der Waals surface area contributed by atoms with Gasteiger partial charge in [0.25, 0.3) is 0 Å². The van der Waals surface area contributed by atoms with E-state index < -0.39 is 21.9 Å². The number of hydrogen-bond acceptors (Lipinski definition) is 4. The maximum Gasteiger partial charge on any atom is 0.311 e. The third-order valence-corrected chi connectivity index (χ3v) is 5.93. The second kappa shape index (κ2) is 5.75. The van der Waals surface area contributed by atoms with E-state index in [9.17, 15) is 13.2 Å². The molecule has 3 rings (SSSR count). The fourth-order valence-electron chi connectivity index (χ4n) is 2.73. The monoisotopic (exact) mass is 332 g/mol. The zero-order chi connectivity index (χ0) is 16.6. The van der Waals surface area contributed by atoms with Gasteiger partial charge in [0, 0.05) is 24.7 Å². The predicted molar refractivity (Wildman–Crippen MR) is 85.5 cm³/mol. The van der Waals surface area contributed by atoms with Crippen LogP contribution in [0.1, 0.15) is 5.56 Å². The Balaban J connectivity index is 2.12. The first-order valence-electron chi connectivity index (χ1n) is 7.15. The summed E-state index contributed by atoms with van der Waals surface area (Å²) >= 11 is 0. The van der Waals surface area contributed by atoms with Crippen molar-refractivity contribution in [1.82, 2.24) is 9.29 Å². The largest absolute Gasteiger partial charge is 0.481 e. The van der Waals surface area contributed by atoms with Crippen molar-refractivity contribution in [3.05, 3.63) is 48.2 Å². The summed E-state index contributed by atoms with van der Waals surface area (Å²) in [6.07, 6.45) is 4.66. The van der Waals surface area contributed by atoms with Gasteiger partial charge in [0.2, 0.25) is 10.0 Å².